The van der Waals surface area contributed by atoms with E-state index in [1.54, 1.807) is 17.0 Å². The summed E-state index contributed by atoms with van der Waals surface area (Å²) in [4.78, 5) is 14.4. The first-order valence-corrected chi connectivity index (χ1v) is 8.81. The van der Waals surface area contributed by atoms with Crippen molar-refractivity contribution in [2.45, 2.75) is 32.8 Å². The predicted molar refractivity (Wildman–Crippen MR) is 95.4 cm³/mol. The molecular weight excluding hydrogens is 448 g/mol. The molecule has 0 saturated heterocycles. The molecular formula is C17H16F3IN2O2. The van der Waals surface area contributed by atoms with Gasteiger partial charge in [-0.3, -0.25) is 4.79 Å². The monoisotopic (exact) mass is 464 g/mol. The number of aromatic nitrogens is 1. The molecule has 1 aromatic carbocycles. The number of fused-ring (bicyclic) bond motifs is 1. The van der Waals surface area contributed by atoms with Crippen LogP contribution in [0.15, 0.2) is 30.3 Å². The van der Waals surface area contributed by atoms with Crippen molar-refractivity contribution in [3.63, 3.8) is 0 Å². The number of ether oxygens (including phenoxy) is 1. The molecule has 1 aromatic heterocycles. The maximum atomic E-state index is 12.6. The molecule has 3 rings (SSSR count). The zero-order chi connectivity index (χ0) is 18.4. The molecule has 0 spiro atoms. The van der Waals surface area contributed by atoms with Crippen molar-refractivity contribution in [3.8, 4) is 16.9 Å². The number of halogens is 4. The van der Waals surface area contributed by atoms with Gasteiger partial charge in [0.05, 0.1) is 3.70 Å². The normalized spacial score (nSPS) is 14.8. The van der Waals surface area contributed by atoms with Gasteiger partial charge in [-0.25, -0.2) is 0 Å². The first-order valence-electron chi connectivity index (χ1n) is 7.73. The lowest BCUT2D eigenvalue weighted by molar-refractivity contribution is -0.274. The standard InChI is InChI=1S/C17H16F3IN2O2/c1-10(2)22-6-7-23-14(16(22)24)9-13(15(23)21)11-4-3-5-12(8-11)25-17(18,19)20/h3-5,8-10H,6-7H2,1-2H3. The number of amides is 1. The van der Waals surface area contributed by atoms with Crippen LogP contribution in [-0.2, 0) is 6.54 Å². The topological polar surface area (TPSA) is 34.5 Å². The Hall–Kier alpha value is -1.71. The summed E-state index contributed by atoms with van der Waals surface area (Å²) in [6.45, 7) is 5.20. The molecule has 0 aliphatic carbocycles. The lowest BCUT2D eigenvalue weighted by atomic mass is 10.1. The van der Waals surface area contributed by atoms with Crippen LogP contribution < -0.4 is 4.74 Å². The van der Waals surface area contributed by atoms with Gasteiger partial charge in [0.15, 0.2) is 0 Å². The van der Waals surface area contributed by atoms with Crippen LogP contribution in [0.3, 0.4) is 0 Å². The number of nitrogens with zero attached hydrogens (tertiary/aromatic N) is 2. The molecule has 134 valence electrons. The second kappa shape index (κ2) is 6.54. The van der Waals surface area contributed by atoms with Gasteiger partial charge in [-0.1, -0.05) is 12.1 Å². The number of rotatable bonds is 3. The van der Waals surface area contributed by atoms with Gasteiger partial charge in [-0.05, 0) is 60.2 Å². The van der Waals surface area contributed by atoms with Gasteiger partial charge in [0, 0.05) is 24.7 Å². The van der Waals surface area contributed by atoms with E-state index in [2.05, 4.69) is 27.3 Å². The highest BCUT2D eigenvalue weighted by atomic mass is 127. The summed E-state index contributed by atoms with van der Waals surface area (Å²) in [5.74, 6) is -0.340. The molecule has 1 aliphatic rings. The first-order chi connectivity index (χ1) is 11.7. The van der Waals surface area contributed by atoms with E-state index in [4.69, 9.17) is 0 Å². The Morgan fingerprint density at radius 3 is 2.56 bits per heavy atom. The van der Waals surface area contributed by atoms with Crippen molar-refractivity contribution in [1.82, 2.24) is 9.47 Å². The fraction of sp³-hybridized carbons (Fsp3) is 0.353. The third-order valence-corrected chi connectivity index (χ3v) is 5.24. The summed E-state index contributed by atoms with van der Waals surface area (Å²) < 4.78 is 44.0. The largest absolute Gasteiger partial charge is 0.573 e. The zero-order valence-corrected chi connectivity index (χ0v) is 15.8. The van der Waals surface area contributed by atoms with E-state index in [9.17, 15) is 18.0 Å². The summed E-state index contributed by atoms with van der Waals surface area (Å²) >= 11 is 2.13. The molecule has 2 aromatic rings. The minimum atomic E-state index is -4.74. The fourth-order valence-corrected chi connectivity index (χ4v) is 3.90. The van der Waals surface area contributed by atoms with Crippen LogP contribution in [0.4, 0.5) is 13.2 Å². The number of carbonyl (C=O) groups is 1. The van der Waals surface area contributed by atoms with Crippen LogP contribution in [-0.4, -0.2) is 34.3 Å². The Kier molecular flexibility index (Phi) is 4.74. The van der Waals surface area contributed by atoms with Gasteiger partial charge < -0.3 is 14.2 Å². The molecule has 0 fully saturated rings. The molecule has 0 atom stereocenters. The number of carbonyl (C=O) groups excluding carboxylic acids is 1. The molecule has 0 N–H and O–H groups in total. The van der Waals surface area contributed by atoms with E-state index < -0.39 is 6.36 Å². The SMILES string of the molecule is CC(C)N1CCn2c(cc(-c3cccc(OC(F)(F)F)c3)c2I)C1=O. The Morgan fingerprint density at radius 1 is 1.20 bits per heavy atom. The van der Waals surface area contributed by atoms with Crippen molar-refractivity contribution >= 4 is 28.5 Å². The number of hydrogen-bond donors (Lipinski definition) is 0. The summed E-state index contributed by atoms with van der Waals surface area (Å²) in [5.41, 5.74) is 1.86. The van der Waals surface area contributed by atoms with Crippen molar-refractivity contribution in [3.05, 3.63) is 39.7 Å². The predicted octanol–water partition coefficient (Wildman–Crippen LogP) is 4.52. The van der Waals surface area contributed by atoms with E-state index >= 15 is 0 Å². The lowest BCUT2D eigenvalue weighted by Crippen LogP contribution is -2.44. The van der Waals surface area contributed by atoms with Crippen molar-refractivity contribution in [2.24, 2.45) is 0 Å². The third-order valence-electron chi connectivity index (χ3n) is 4.08. The summed E-state index contributed by atoms with van der Waals surface area (Å²) in [6.07, 6.45) is -4.74. The Morgan fingerprint density at radius 2 is 1.92 bits per heavy atom. The minimum absolute atomic E-state index is 0.0619. The zero-order valence-electron chi connectivity index (χ0n) is 13.6. The van der Waals surface area contributed by atoms with Crippen molar-refractivity contribution in [2.75, 3.05) is 6.54 Å². The molecule has 8 heteroatoms. The maximum Gasteiger partial charge on any atom is 0.573 e. The van der Waals surface area contributed by atoms with Gasteiger partial charge in [-0.15, -0.1) is 13.2 Å². The Labute approximate surface area is 156 Å². The maximum absolute atomic E-state index is 12.6. The van der Waals surface area contributed by atoms with E-state index in [1.165, 1.54) is 18.2 Å². The number of alkyl halides is 3. The van der Waals surface area contributed by atoms with Crippen molar-refractivity contribution in [1.29, 1.82) is 0 Å². The molecule has 0 bridgehead atoms. The van der Waals surface area contributed by atoms with Gasteiger partial charge in [0.1, 0.15) is 11.4 Å². The van der Waals surface area contributed by atoms with Gasteiger partial charge in [-0.2, -0.15) is 0 Å². The highest BCUT2D eigenvalue weighted by molar-refractivity contribution is 14.1. The molecule has 1 amide bonds. The summed E-state index contributed by atoms with van der Waals surface area (Å²) in [6, 6.07) is 7.64. The van der Waals surface area contributed by atoms with Crippen LogP contribution >= 0.6 is 22.6 Å². The van der Waals surface area contributed by atoms with Gasteiger partial charge >= 0.3 is 6.36 Å². The van der Waals surface area contributed by atoms with Crippen molar-refractivity contribution < 1.29 is 22.7 Å². The van der Waals surface area contributed by atoms with E-state index in [0.29, 0.717) is 24.3 Å². The molecule has 1 aliphatic heterocycles. The van der Waals surface area contributed by atoms with Crippen LogP contribution in [0.5, 0.6) is 5.75 Å². The van der Waals surface area contributed by atoms with Crippen LogP contribution in [0.1, 0.15) is 24.3 Å². The summed E-state index contributed by atoms with van der Waals surface area (Å²) in [7, 11) is 0. The highest BCUT2D eigenvalue weighted by Gasteiger charge is 2.32. The fourth-order valence-electron chi connectivity index (χ4n) is 2.93. The lowest BCUT2D eigenvalue weighted by Gasteiger charge is -2.31. The Balaban J connectivity index is 1.99. The molecule has 25 heavy (non-hydrogen) atoms. The quantitative estimate of drug-likeness (QED) is 0.627. The first kappa shape index (κ1) is 18.1. The van der Waals surface area contributed by atoms with E-state index in [0.717, 1.165) is 9.26 Å². The number of benzene rings is 1. The molecule has 0 radical (unpaired) electrons. The smallest absolute Gasteiger partial charge is 0.406 e. The summed E-state index contributed by atoms with van der Waals surface area (Å²) in [5, 5.41) is 0. The average Bonchev–Trinajstić information content (AvgIpc) is 2.84. The second-order valence-corrected chi connectivity index (χ2v) is 7.08. The molecule has 2 heterocycles. The van der Waals surface area contributed by atoms with Crippen LogP contribution in [0.25, 0.3) is 11.1 Å². The second-order valence-electron chi connectivity index (χ2n) is 6.05. The van der Waals surface area contributed by atoms with E-state index in [-0.39, 0.29) is 17.7 Å². The average molecular weight is 464 g/mol. The molecule has 0 saturated carbocycles. The van der Waals surface area contributed by atoms with Gasteiger partial charge in [0.25, 0.3) is 5.91 Å². The van der Waals surface area contributed by atoms with Crippen LogP contribution in [0, 0.1) is 3.70 Å². The molecule has 0 unspecified atom stereocenters. The van der Waals surface area contributed by atoms with Gasteiger partial charge in [0.2, 0.25) is 0 Å². The number of hydrogen-bond acceptors (Lipinski definition) is 2. The Bertz CT molecular complexity index is 815. The minimum Gasteiger partial charge on any atom is -0.406 e. The molecule has 4 nitrogen and oxygen atoms in total. The third kappa shape index (κ3) is 3.63. The van der Waals surface area contributed by atoms with E-state index in [1.807, 2.05) is 18.4 Å². The highest BCUT2D eigenvalue weighted by Crippen LogP contribution is 2.34. The van der Waals surface area contributed by atoms with Crippen LogP contribution in [0.2, 0.25) is 0 Å².